The highest BCUT2D eigenvalue weighted by Crippen LogP contribution is 2.24. The maximum atomic E-state index is 12.5. The molecule has 154 valence electrons. The fourth-order valence-corrected chi connectivity index (χ4v) is 2.37. The van der Waals surface area contributed by atoms with Gasteiger partial charge in [-0.2, -0.15) is 8.78 Å². The van der Waals surface area contributed by atoms with Crippen LogP contribution in [0.5, 0.6) is 5.75 Å². The Bertz CT molecular complexity index is 607. The second-order valence-corrected chi connectivity index (χ2v) is 5.81. The van der Waals surface area contributed by atoms with Gasteiger partial charge in [-0.3, -0.25) is 9.79 Å². The van der Waals surface area contributed by atoms with E-state index in [1.807, 2.05) is 0 Å². The number of nitrogens with zero attached hydrogens (tertiary/aromatic N) is 1. The number of esters is 1. The van der Waals surface area contributed by atoms with Crippen molar-refractivity contribution in [2.24, 2.45) is 4.99 Å². The quantitative estimate of drug-likeness (QED) is 0.161. The van der Waals surface area contributed by atoms with E-state index in [0.717, 1.165) is 19.3 Å². The van der Waals surface area contributed by atoms with Crippen molar-refractivity contribution in [2.45, 2.75) is 38.8 Å². The topological polar surface area (TPSA) is 72.0 Å². The van der Waals surface area contributed by atoms with Crippen LogP contribution in [0.2, 0.25) is 5.02 Å². The minimum absolute atomic E-state index is 0. The molecule has 0 aliphatic rings. The largest absolute Gasteiger partial charge is 0.469 e. The third-order valence-corrected chi connectivity index (χ3v) is 3.72. The van der Waals surface area contributed by atoms with Crippen LogP contribution in [0.1, 0.15) is 31.2 Å². The maximum Gasteiger partial charge on any atom is 0.387 e. The molecule has 0 heterocycles. The molecule has 0 bridgehead atoms. The van der Waals surface area contributed by atoms with Gasteiger partial charge in [-0.1, -0.05) is 18.0 Å². The van der Waals surface area contributed by atoms with Gasteiger partial charge in [0.25, 0.3) is 0 Å². The van der Waals surface area contributed by atoms with Crippen molar-refractivity contribution in [1.82, 2.24) is 10.6 Å². The monoisotopic (exact) mass is 519 g/mol. The van der Waals surface area contributed by atoms with Gasteiger partial charge in [0, 0.05) is 37.1 Å². The number of rotatable bonds is 10. The number of methoxy groups -OCH3 is 1. The number of halogens is 4. The number of ether oxygens (including phenoxy) is 2. The van der Waals surface area contributed by atoms with E-state index < -0.39 is 6.61 Å². The predicted octanol–water partition coefficient (Wildman–Crippen LogP) is 3.96. The lowest BCUT2D eigenvalue weighted by Gasteiger charge is -2.15. The van der Waals surface area contributed by atoms with Crippen LogP contribution in [0.15, 0.2) is 23.2 Å². The van der Waals surface area contributed by atoms with Gasteiger partial charge in [0.1, 0.15) is 5.75 Å². The number of carbonyl (C=O) groups is 1. The van der Waals surface area contributed by atoms with Crippen LogP contribution < -0.4 is 15.4 Å². The minimum Gasteiger partial charge on any atom is -0.469 e. The number of benzene rings is 1. The van der Waals surface area contributed by atoms with Crippen LogP contribution in [0.4, 0.5) is 8.78 Å². The number of unbranched alkanes of at least 4 members (excludes halogenated alkanes) is 2. The Kier molecular flexibility index (Phi) is 13.9. The van der Waals surface area contributed by atoms with E-state index >= 15 is 0 Å². The number of aliphatic imine (C=N–C) groups is 1. The first-order valence-electron chi connectivity index (χ1n) is 8.20. The highest BCUT2D eigenvalue weighted by Gasteiger charge is 2.11. The average Bonchev–Trinajstić information content (AvgIpc) is 2.61. The molecule has 0 fully saturated rings. The minimum atomic E-state index is -2.91. The number of guanidine groups is 1. The van der Waals surface area contributed by atoms with E-state index in [0.29, 0.717) is 29.5 Å². The van der Waals surface area contributed by atoms with Crippen LogP contribution in [-0.2, 0) is 16.1 Å². The van der Waals surface area contributed by atoms with Gasteiger partial charge in [0.15, 0.2) is 5.96 Å². The number of alkyl halides is 2. The van der Waals surface area contributed by atoms with Crippen LogP contribution in [0.3, 0.4) is 0 Å². The van der Waals surface area contributed by atoms with Crippen LogP contribution in [0, 0.1) is 0 Å². The summed E-state index contributed by atoms with van der Waals surface area (Å²) in [5.74, 6) is 0.384. The zero-order chi connectivity index (χ0) is 19.4. The maximum absolute atomic E-state index is 12.5. The fourth-order valence-electron chi connectivity index (χ4n) is 2.18. The summed E-state index contributed by atoms with van der Waals surface area (Å²) in [7, 11) is 2.98. The smallest absolute Gasteiger partial charge is 0.387 e. The van der Waals surface area contributed by atoms with Gasteiger partial charge >= 0.3 is 12.6 Å². The molecule has 0 unspecified atom stereocenters. The Morgan fingerprint density at radius 1 is 1.26 bits per heavy atom. The van der Waals surface area contributed by atoms with Gasteiger partial charge in [-0.15, -0.1) is 24.0 Å². The van der Waals surface area contributed by atoms with Crippen LogP contribution in [-0.4, -0.2) is 39.2 Å². The van der Waals surface area contributed by atoms with Crippen LogP contribution >= 0.6 is 35.6 Å². The van der Waals surface area contributed by atoms with Crippen LogP contribution in [0.25, 0.3) is 0 Å². The molecule has 6 nitrogen and oxygen atoms in total. The van der Waals surface area contributed by atoms with Gasteiger partial charge in [0.05, 0.1) is 7.11 Å². The molecule has 0 saturated carbocycles. The third kappa shape index (κ3) is 11.2. The molecule has 0 radical (unpaired) electrons. The number of nitrogens with one attached hydrogen (secondary N) is 2. The van der Waals surface area contributed by atoms with Crippen molar-refractivity contribution in [2.75, 3.05) is 20.7 Å². The van der Waals surface area contributed by atoms with Gasteiger partial charge in [-0.05, 0) is 31.0 Å². The predicted molar refractivity (Wildman–Crippen MR) is 112 cm³/mol. The molecule has 10 heteroatoms. The van der Waals surface area contributed by atoms with E-state index in [-0.39, 0.29) is 42.2 Å². The van der Waals surface area contributed by atoms with Gasteiger partial charge in [-0.25, -0.2) is 0 Å². The first kappa shape index (κ1) is 25.6. The molecule has 2 N–H and O–H groups in total. The molecule has 0 aliphatic heterocycles. The van der Waals surface area contributed by atoms with E-state index in [2.05, 4.69) is 25.1 Å². The van der Waals surface area contributed by atoms with Crippen molar-refractivity contribution >= 4 is 47.5 Å². The third-order valence-electron chi connectivity index (χ3n) is 3.49. The summed E-state index contributed by atoms with van der Waals surface area (Å²) in [5, 5.41) is 6.57. The fraction of sp³-hybridized carbons (Fsp3) is 0.529. The summed E-state index contributed by atoms with van der Waals surface area (Å²) in [6, 6.07) is 4.46. The molecule has 0 aromatic heterocycles. The lowest BCUT2D eigenvalue weighted by Crippen LogP contribution is -2.37. The summed E-state index contributed by atoms with van der Waals surface area (Å²) in [6.45, 7) is -2.01. The van der Waals surface area contributed by atoms with Crippen molar-refractivity contribution in [1.29, 1.82) is 0 Å². The second-order valence-electron chi connectivity index (χ2n) is 5.37. The Hall–Kier alpha value is -1.36. The molecule has 0 amide bonds. The van der Waals surface area contributed by atoms with Gasteiger partial charge < -0.3 is 20.1 Å². The summed E-state index contributed by atoms with van der Waals surface area (Å²) in [4.78, 5) is 15.1. The lowest BCUT2D eigenvalue weighted by molar-refractivity contribution is -0.140. The first-order valence-corrected chi connectivity index (χ1v) is 8.58. The Balaban J connectivity index is 0.00000676. The van der Waals surface area contributed by atoms with Crippen molar-refractivity contribution in [3.63, 3.8) is 0 Å². The molecule has 27 heavy (non-hydrogen) atoms. The Morgan fingerprint density at radius 2 is 2.00 bits per heavy atom. The highest BCUT2D eigenvalue weighted by molar-refractivity contribution is 14.0. The van der Waals surface area contributed by atoms with Gasteiger partial charge in [0.2, 0.25) is 0 Å². The number of hydrogen-bond acceptors (Lipinski definition) is 4. The zero-order valence-corrected chi connectivity index (χ0v) is 18.4. The molecule has 0 spiro atoms. The molecule has 0 atom stereocenters. The molecular weight excluding hydrogens is 495 g/mol. The standard InChI is InChI=1S/C17H24ClF2N3O3.HI/c1-21-17(22-9-5-3-4-6-15(24)25-2)23-11-12-10-13(18)7-8-14(12)26-16(19)20;/h7-8,10,16H,3-6,9,11H2,1-2H3,(H2,21,22,23);1H. The van der Waals surface area contributed by atoms with Crippen molar-refractivity contribution in [3.05, 3.63) is 28.8 Å². The lowest BCUT2D eigenvalue weighted by atomic mass is 10.2. The van der Waals surface area contributed by atoms with Crippen molar-refractivity contribution in [3.8, 4) is 5.75 Å². The van der Waals surface area contributed by atoms with E-state index in [1.165, 1.54) is 19.2 Å². The van der Waals surface area contributed by atoms with E-state index in [1.54, 1.807) is 13.1 Å². The Morgan fingerprint density at radius 3 is 2.63 bits per heavy atom. The van der Waals surface area contributed by atoms with E-state index in [4.69, 9.17) is 11.6 Å². The SMILES string of the molecule is CN=C(NCCCCCC(=O)OC)NCc1cc(Cl)ccc1OC(F)F.I. The summed E-state index contributed by atoms with van der Waals surface area (Å²) >= 11 is 5.92. The number of carbonyl (C=O) groups excluding carboxylic acids is 1. The van der Waals surface area contributed by atoms with Crippen molar-refractivity contribution < 1.29 is 23.0 Å². The molecule has 0 saturated heterocycles. The first-order chi connectivity index (χ1) is 12.5. The second kappa shape index (κ2) is 14.7. The highest BCUT2D eigenvalue weighted by atomic mass is 127. The molecule has 1 aromatic carbocycles. The molecular formula is C17H25ClF2IN3O3. The normalized spacial score (nSPS) is 11.0. The molecule has 1 aromatic rings. The number of hydrogen-bond donors (Lipinski definition) is 2. The average molecular weight is 520 g/mol. The zero-order valence-electron chi connectivity index (χ0n) is 15.3. The van der Waals surface area contributed by atoms with E-state index in [9.17, 15) is 13.6 Å². The molecule has 0 aliphatic carbocycles. The molecule has 1 rings (SSSR count). The Labute approximate surface area is 180 Å². The summed E-state index contributed by atoms with van der Waals surface area (Å²) in [5.41, 5.74) is 0.499. The summed E-state index contributed by atoms with van der Waals surface area (Å²) in [6.07, 6.45) is 2.90. The summed E-state index contributed by atoms with van der Waals surface area (Å²) < 4.78 is 34.0.